The summed E-state index contributed by atoms with van der Waals surface area (Å²) < 4.78 is 1.79. The highest BCUT2D eigenvalue weighted by Gasteiger charge is 2.13. The van der Waals surface area contributed by atoms with Crippen molar-refractivity contribution in [3.63, 3.8) is 0 Å². The summed E-state index contributed by atoms with van der Waals surface area (Å²) >= 11 is 0. The molecule has 0 unspecified atom stereocenters. The van der Waals surface area contributed by atoms with Crippen molar-refractivity contribution in [2.24, 2.45) is 0 Å². The molecule has 0 aromatic carbocycles. The molecule has 0 aliphatic heterocycles. The largest absolute Gasteiger partial charge is 0.314 e. The lowest BCUT2D eigenvalue weighted by molar-refractivity contribution is 0.492. The van der Waals surface area contributed by atoms with Gasteiger partial charge in [-0.15, -0.1) is 0 Å². The van der Waals surface area contributed by atoms with Gasteiger partial charge in [-0.1, -0.05) is 18.9 Å². The van der Waals surface area contributed by atoms with Crippen LogP contribution < -0.4 is 10.9 Å². The van der Waals surface area contributed by atoms with E-state index < -0.39 is 0 Å². The van der Waals surface area contributed by atoms with E-state index in [4.69, 9.17) is 0 Å². The Hall–Kier alpha value is -1.09. The number of aryl methyl sites for hydroxylation is 1. The summed E-state index contributed by atoms with van der Waals surface area (Å²) in [7, 11) is 0. The molecule has 1 heterocycles. The Balaban J connectivity index is 1.85. The van der Waals surface area contributed by atoms with Crippen molar-refractivity contribution in [2.45, 2.75) is 45.2 Å². The Kier molecular flexibility index (Phi) is 3.78. The van der Waals surface area contributed by atoms with Gasteiger partial charge in [0.2, 0.25) is 0 Å². The molecule has 1 fully saturated rings. The molecule has 0 amide bonds. The third-order valence-electron chi connectivity index (χ3n) is 3.35. The zero-order valence-electron chi connectivity index (χ0n) is 9.91. The predicted octanol–water partition coefficient (Wildman–Crippen LogP) is 1.69. The molecule has 0 radical (unpaired) electrons. The summed E-state index contributed by atoms with van der Waals surface area (Å²) in [5, 5.41) is 3.52. The highest BCUT2D eigenvalue weighted by molar-refractivity contribution is 5.07. The van der Waals surface area contributed by atoms with E-state index in [1.807, 2.05) is 25.3 Å². The van der Waals surface area contributed by atoms with Crippen LogP contribution in [0.25, 0.3) is 0 Å². The van der Waals surface area contributed by atoms with Gasteiger partial charge in [-0.25, -0.2) is 0 Å². The van der Waals surface area contributed by atoms with Crippen LogP contribution in [-0.4, -0.2) is 17.2 Å². The van der Waals surface area contributed by atoms with Crippen LogP contribution in [0.1, 0.15) is 31.2 Å². The normalized spacial score (nSPS) is 16.8. The van der Waals surface area contributed by atoms with Gasteiger partial charge in [-0.3, -0.25) is 4.79 Å². The third kappa shape index (κ3) is 2.73. The molecule has 0 bridgehead atoms. The van der Waals surface area contributed by atoms with Crippen molar-refractivity contribution < 1.29 is 0 Å². The molecule has 0 saturated heterocycles. The molecule has 88 valence electrons. The van der Waals surface area contributed by atoms with E-state index in [0.717, 1.165) is 18.7 Å². The summed E-state index contributed by atoms with van der Waals surface area (Å²) in [6, 6.07) is 4.48. The van der Waals surface area contributed by atoms with Gasteiger partial charge >= 0.3 is 0 Å². The predicted molar refractivity (Wildman–Crippen MR) is 65.7 cm³/mol. The fraction of sp³-hybridized carbons (Fsp3) is 0.615. The molecular weight excluding hydrogens is 200 g/mol. The van der Waals surface area contributed by atoms with Crippen LogP contribution in [0.2, 0.25) is 0 Å². The lowest BCUT2D eigenvalue weighted by Gasteiger charge is -2.12. The molecule has 1 aliphatic carbocycles. The summed E-state index contributed by atoms with van der Waals surface area (Å²) in [6.07, 6.45) is 7.15. The first-order valence-corrected chi connectivity index (χ1v) is 6.17. The number of hydrogen-bond donors (Lipinski definition) is 1. The van der Waals surface area contributed by atoms with Crippen molar-refractivity contribution in [3.05, 3.63) is 34.2 Å². The first kappa shape index (κ1) is 11.4. The minimum absolute atomic E-state index is 0.135. The zero-order chi connectivity index (χ0) is 11.4. The van der Waals surface area contributed by atoms with Gasteiger partial charge in [0, 0.05) is 30.9 Å². The molecule has 3 heteroatoms. The van der Waals surface area contributed by atoms with Crippen LogP contribution in [-0.2, 0) is 6.54 Å². The molecule has 1 saturated carbocycles. The van der Waals surface area contributed by atoms with Gasteiger partial charge in [0.15, 0.2) is 0 Å². The SMILES string of the molecule is Cc1cccn(CCNC2CCCC2)c1=O. The quantitative estimate of drug-likeness (QED) is 0.838. The lowest BCUT2D eigenvalue weighted by Crippen LogP contribution is -2.32. The first-order chi connectivity index (χ1) is 7.77. The third-order valence-corrected chi connectivity index (χ3v) is 3.35. The van der Waals surface area contributed by atoms with Crippen LogP contribution in [0, 0.1) is 6.92 Å². The van der Waals surface area contributed by atoms with Crippen LogP contribution in [0.4, 0.5) is 0 Å². The number of nitrogens with one attached hydrogen (secondary N) is 1. The van der Waals surface area contributed by atoms with Crippen LogP contribution >= 0.6 is 0 Å². The van der Waals surface area contributed by atoms with E-state index in [-0.39, 0.29) is 5.56 Å². The second-order valence-electron chi connectivity index (χ2n) is 4.63. The molecule has 2 rings (SSSR count). The number of pyridine rings is 1. The van der Waals surface area contributed by atoms with Crippen LogP contribution in [0.5, 0.6) is 0 Å². The Morgan fingerprint density at radius 1 is 1.44 bits per heavy atom. The van der Waals surface area contributed by atoms with Gasteiger partial charge in [0.25, 0.3) is 5.56 Å². The summed E-state index contributed by atoms with van der Waals surface area (Å²) in [5.41, 5.74) is 0.957. The second kappa shape index (κ2) is 5.30. The standard InChI is InChI=1S/C13H20N2O/c1-11-5-4-9-15(13(11)16)10-8-14-12-6-2-3-7-12/h4-5,9,12,14H,2-3,6-8,10H2,1H3. The van der Waals surface area contributed by atoms with Crippen molar-refractivity contribution in [3.8, 4) is 0 Å². The van der Waals surface area contributed by atoms with Crippen molar-refractivity contribution in [2.75, 3.05) is 6.54 Å². The van der Waals surface area contributed by atoms with Crippen molar-refractivity contribution in [1.29, 1.82) is 0 Å². The molecule has 0 atom stereocenters. The van der Waals surface area contributed by atoms with Crippen molar-refractivity contribution >= 4 is 0 Å². The molecule has 3 nitrogen and oxygen atoms in total. The average molecular weight is 220 g/mol. The number of nitrogens with zero attached hydrogens (tertiary/aromatic N) is 1. The van der Waals surface area contributed by atoms with Crippen molar-refractivity contribution in [1.82, 2.24) is 9.88 Å². The van der Waals surface area contributed by atoms with Gasteiger partial charge in [0.1, 0.15) is 0 Å². The average Bonchev–Trinajstić information content (AvgIpc) is 2.77. The molecule has 1 aliphatic rings. The first-order valence-electron chi connectivity index (χ1n) is 6.17. The van der Waals surface area contributed by atoms with E-state index in [9.17, 15) is 4.79 Å². The zero-order valence-corrected chi connectivity index (χ0v) is 9.91. The van der Waals surface area contributed by atoms with Crippen LogP contribution in [0.3, 0.4) is 0 Å². The Labute approximate surface area is 96.5 Å². The van der Waals surface area contributed by atoms with E-state index in [1.165, 1.54) is 25.7 Å². The monoisotopic (exact) mass is 220 g/mol. The molecule has 1 aromatic rings. The lowest BCUT2D eigenvalue weighted by atomic mass is 10.2. The molecule has 1 aromatic heterocycles. The smallest absolute Gasteiger partial charge is 0.253 e. The minimum Gasteiger partial charge on any atom is -0.314 e. The van der Waals surface area contributed by atoms with E-state index in [2.05, 4.69) is 5.32 Å². The van der Waals surface area contributed by atoms with Crippen LogP contribution in [0.15, 0.2) is 23.1 Å². The van der Waals surface area contributed by atoms with E-state index in [0.29, 0.717) is 6.04 Å². The number of hydrogen-bond acceptors (Lipinski definition) is 2. The number of rotatable bonds is 4. The highest BCUT2D eigenvalue weighted by Crippen LogP contribution is 2.17. The maximum atomic E-state index is 11.7. The Bertz CT molecular complexity index is 391. The Morgan fingerprint density at radius 2 is 2.19 bits per heavy atom. The molecule has 1 N–H and O–H groups in total. The van der Waals surface area contributed by atoms with E-state index >= 15 is 0 Å². The number of aromatic nitrogens is 1. The Morgan fingerprint density at radius 3 is 2.94 bits per heavy atom. The fourth-order valence-electron chi connectivity index (χ4n) is 2.35. The second-order valence-corrected chi connectivity index (χ2v) is 4.63. The highest BCUT2D eigenvalue weighted by atomic mass is 16.1. The van der Waals surface area contributed by atoms with Gasteiger partial charge in [-0.05, 0) is 25.8 Å². The minimum atomic E-state index is 0.135. The molecule has 0 spiro atoms. The van der Waals surface area contributed by atoms with E-state index in [1.54, 1.807) is 4.57 Å². The van der Waals surface area contributed by atoms with Gasteiger partial charge < -0.3 is 9.88 Å². The molecule has 16 heavy (non-hydrogen) atoms. The maximum absolute atomic E-state index is 11.7. The van der Waals surface area contributed by atoms with Gasteiger partial charge in [0.05, 0.1) is 0 Å². The fourth-order valence-corrected chi connectivity index (χ4v) is 2.35. The summed E-state index contributed by atoms with van der Waals surface area (Å²) in [6.45, 7) is 3.54. The summed E-state index contributed by atoms with van der Waals surface area (Å²) in [4.78, 5) is 11.7. The summed E-state index contributed by atoms with van der Waals surface area (Å²) in [5.74, 6) is 0. The maximum Gasteiger partial charge on any atom is 0.253 e. The topological polar surface area (TPSA) is 34.0 Å². The van der Waals surface area contributed by atoms with Gasteiger partial charge in [-0.2, -0.15) is 0 Å². The molecular formula is C13H20N2O.